The summed E-state index contributed by atoms with van der Waals surface area (Å²) in [6, 6.07) is 5.82. The maximum absolute atomic E-state index is 11.9. The monoisotopic (exact) mass is 359 g/mol. The van der Waals surface area contributed by atoms with E-state index in [0.717, 1.165) is 0 Å². The van der Waals surface area contributed by atoms with Gasteiger partial charge in [0, 0.05) is 25.7 Å². The summed E-state index contributed by atoms with van der Waals surface area (Å²) in [5.41, 5.74) is -1.29. The second-order valence-corrected chi connectivity index (χ2v) is 6.14. The molecule has 1 amide bonds. The van der Waals surface area contributed by atoms with Crippen molar-refractivity contribution in [2.24, 2.45) is 0 Å². The molecule has 1 saturated heterocycles. The Balaban J connectivity index is 1.97. The van der Waals surface area contributed by atoms with Gasteiger partial charge in [-0.05, 0) is 31.0 Å². The van der Waals surface area contributed by atoms with Crippen molar-refractivity contribution < 1.29 is 24.4 Å². The summed E-state index contributed by atoms with van der Waals surface area (Å²) in [6.45, 7) is 1.42. The minimum atomic E-state index is -1.45. The van der Waals surface area contributed by atoms with E-state index >= 15 is 0 Å². The van der Waals surface area contributed by atoms with E-state index in [0.29, 0.717) is 18.4 Å². The Morgan fingerprint density at radius 2 is 2.19 bits per heavy atom. The molecule has 136 valence electrons. The molecule has 1 aliphatic rings. The van der Waals surface area contributed by atoms with Gasteiger partial charge in [0.05, 0.1) is 10.3 Å². The van der Waals surface area contributed by atoms with Crippen molar-refractivity contribution in [3.8, 4) is 5.75 Å². The summed E-state index contributed by atoms with van der Waals surface area (Å²) in [5.74, 6) is -1.23. The predicted molar refractivity (Wildman–Crippen MR) is 90.9 cm³/mol. The topological polar surface area (TPSA) is 123 Å². The zero-order valence-electron chi connectivity index (χ0n) is 14.0. The normalized spacial score (nSPS) is 19.5. The number of carboxylic acid groups (broad SMARTS) is 1. The molecule has 1 fully saturated rings. The van der Waals surface area contributed by atoms with Gasteiger partial charge in [-0.1, -0.05) is 0 Å². The van der Waals surface area contributed by atoms with Crippen LogP contribution < -0.4 is 4.74 Å². The third kappa shape index (κ3) is 2.81. The number of fused-ring (bicyclic) bond motifs is 1. The average Bonchev–Trinajstić information content (AvgIpc) is 3.05. The highest BCUT2D eigenvalue weighted by molar-refractivity contribution is 5.92. The van der Waals surface area contributed by atoms with Gasteiger partial charge in [-0.15, -0.1) is 0 Å². The molecule has 1 N–H and O–H groups in total. The van der Waals surface area contributed by atoms with Crippen molar-refractivity contribution >= 4 is 28.5 Å². The Morgan fingerprint density at radius 3 is 2.85 bits per heavy atom. The first-order chi connectivity index (χ1) is 12.4. The number of hydrogen-bond acceptors (Lipinski definition) is 6. The molecule has 1 aromatic heterocycles. The molecule has 0 aliphatic carbocycles. The number of hydrogen-bond donors (Lipinski definition) is 1. The SMILES string of the molecule is CC(=O)N1CCC[C@@]1(COc1ccc([N+](=O)[O-])c2cccnc12)C(=O)O. The predicted octanol–water partition coefficient (Wildman–Crippen LogP) is 1.99. The first-order valence-electron chi connectivity index (χ1n) is 8.03. The summed E-state index contributed by atoms with van der Waals surface area (Å²) in [7, 11) is 0. The van der Waals surface area contributed by atoms with E-state index in [4.69, 9.17) is 4.74 Å². The summed E-state index contributed by atoms with van der Waals surface area (Å²) in [5, 5.41) is 21.2. The number of amides is 1. The number of ether oxygens (including phenoxy) is 1. The van der Waals surface area contributed by atoms with Crippen molar-refractivity contribution in [1.29, 1.82) is 0 Å². The average molecular weight is 359 g/mol. The van der Waals surface area contributed by atoms with Gasteiger partial charge in [-0.25, -0.2) is 4.79 Å². The van der Waals surface area contributed by atoms with Crippen LogP contribution in [-0.4, -0.2) is 50.5 Å². The number of pyridine rings is 1. The lowest BCUT2D eigenvalue weighted by atomic mass is 9.97. The standard InChI is InChI=1S/C17H17N3O6/c1-11(21)19-9-3-7-17(19,16(22)23)10-26-14-6-5-13(20(24)25)12-4-2-8-18-15(12)14/h2,4-6,8H,3,7,9-10H2,1H3,(H,22,23)/t17-/m1/s1. The first-order valence-corrected chi connectivity index (χ1v) is 8.03. The molecule has 0 radical (unpaired) electrons. The maximum atomic E-state index is 11.9. The molecule has 1 aliphatic heterocycles. The zero-order chi connectivity index (χ0) is 18.9. The number of carbonyl (C=O) groups is 2. The number of non-ortho nitro benzene ring substituents is 1. The van der Waals surface area contributed by atoms with E-state index in [1.165, 1.54) is 30.2 Å². The van der Waals surface area contributed by atoms with E-state index in [1.54, 1.807) is 12.1 Å². The number of aromatic nitrogens is 1. The van der Waals surface area contributed by atoms with Crippen LogP contribution in [0.4, 0.5) is 5.69 Å². The zero-order valence-corrected chi connectivity index (χ0v) is 14.0. The largest absolute Gasteiger partial charge is 0.488 e. The number of benzene rings is 1. The van der Waals surface area contributed by atoms with Gasteiger partial charge in [0.15, 0.2) is 5.54 Å². The van der Waals surface area contributed by atoms with Crippen molar-refractivity contribution in [1.82, 2.24) is 9.88 Å². The number of carbonyl (C=O) groups excluding carboxylic acids is 1. The molecule has 9 nitrogen and oxygen atoms in total. The van der Waals surface area contributed by atoms with Crippen LogP contribution in [0.15, 0.2) is 30.5 Å². The molecule has 3 rings (SSSR count). The van der Waals surface area contributed by atoms with Crippen molar-refractivity contribution in [3.05, 3.63) is 40.6 Å². The van der Waals surface area contributed by atoms with Crippen LogP contribution in [0.1, 0.15) is 19.8 Å². The molecule has 2 heterocycles. The van der Waals surface area contributed by atoms with E-state index in [-0.39, 0.29) is 35.9 Å². The van der Waals surface area contributed by atoms with Crippen molar-refractivity contribution in [3.63, 3.8) is 0 Å². The van der Waals surface area contributed by atoms with Gasteiger partial charge in [-0.2, -0.15) is 0 Å². The smallest absolute Gasteiger partial charge is 0.333 e. The molecule has 26 heavy (non-hydrogen) atoms. The minimum Gasteiger partial charge on any atom is -0.488 e. The number of nitrogens with zero attached hydrogens (tertiary/aromatic N) is 3. The lowest BCUT2D eigenvalue weighted by Gasteiger charge is -2.33. The second-order valence-electron chi connectivity index (χ2n) is 6.14. The summed E-state index contributed by atoms with van der Waals surface area (Å²) < 4.78 is 5.72. The quantitative estimate of drug-likeness (QED) is 0.639. The fourth-order valence-electron chi connectivity index (χ4n) is 3.38. The third-order valence-corrected chi connectivity index (χ3v) is 4.64. The summed E-state index contributed by atoms with van der Waals surface area (Å²) in [4.78, 5) is 39.8. The number of aliphatic carboxylic acids is 1. The number of likely N-dealkylation sites (tertiary alicyclic amines) is 1. The van der Waals surface area contributed by atoms with Gasteiger partial charge in [0.1, 0.15) is 17.9 Å². The molecule has 0 unspecified atom stereocenters. The third-order valence-electron chi connectivity index (χ3n) is 4.64. The maximum Gasteiger partial charge on any atom is 0.333 e. The molecular formula is C17H17N3O6. The van der Waals surface area contributed by atoms with Crippen LogP contribution in [0.2, 0.25) is 0 Å². The molecule has 1 aromatic carbocycles. The molecule has 0 spiro atoms. The Morgan fingerprint density at radius 1 is 1.42 bits per heavy atom. The molecule has 0 bridgehead atoms. The minimum absolute atomic E-state index is 0.111. The van der Waals surface area contributed by atoms with Crippen molar-refractivity contribution in [2.75, 3.05) is 13.2 Å². The number of nitro groups is 1. The van der Waals surface area contributed by atoms with Crippen LogP contribution in [0.5, 0.6) is 5.75 Å². The second kappa shape index (κ2) is 6.58. The van der Waals surface area contributed by atoms with Crippen LogP contribution in [0.25, 0.3) is 10.9 Å². The highest BCUT2D eigenvalue weighted by Gasteiger charge is 2.50. The summed E-state index contributed by atoms with van der Waals surface area (Å²) in [6.07, 6.45) is 2.32. The Labute approximate surface area is 148 Å². The number of nitro benzene ring substituents is 1. The first kappa shape index (κ1) is 17.6. The van der Waals surface area contributed by atoms with E-state index in [9.17, 15) is 24.8 Å². The molecule has 2 aromatic rings. The Bertz CT molecular complexity index is 899. The van der Waals surface area contributed by atoms with E-state index < -0.39 is 16.4 Å². The van der Waals surface area contributed by atoms with Crippen LogP contribution in [-0.2, 0) is 9.59 Å². The van der Waals surface area contributed by atoms with Gasteiger partial charge >= 0.3 is 5.97 Å². The fraction of sp³-hybridized carbons (Fsp3) is 0.353. The lowest BCUT2D eigenvalue weighted by molar-refractivity contribution is -0.383. The molecule has 1 atom stereocenters. The van der Waals surface area contributed by atoms with E-state index in [1.807, 2.05) is 0 Å². The van der Waals surface area contributed by atoms with Gasteiger partial charge in [-0.3, -0.25) is 19.9 Å². The van der Waals surface area contributed by atoms with Gasteiger partial charge < -0.3 is 14.7 Å². The van der Waals surface area contributed by atoms with Gasteiger partial charge in [0.25, 0.3) is 5.69 Å². The van der Waals surface area contributed by atoms with Gasteiger partial charge in [0.2, 0.25) is 5.91 Å². The fourth-order valence-corrected chi connectivity index (χ4v) is 3.38. The van der Waals surface area contributed by atoms with Crippen molar-refractivity contribution in [2.45, 2.75) is 25.3 Å². The summed E-state index contributed by atoms with van der Waals surface area (Å²) >= 11 is 0. The number of carboxylic acids is 1. The molecule has 9 heteroatoms. The Hall–Kier alpha value is -3.23. The molecular weight excluding hydrogens is 342 g/mol. The highest BCUT2D eigenvalue weighted by atomic mass is 16.6. The van der Waals surface area contributed by atoms with E-state index in [2.05, 4.69) is 4.98 Å². The highest BCUT2D eigenvalue weighted by Crippen LogP contribution is 2.34. The lowest BCUT2D eigenvalue weighted by Crippen LogP contribution is -2.56. The number of rotatable bonds is 5. The van der Waals surface area contributed by atoms with Crippen LogP contribution in [0.3, 0.4) is 0 Å². The van der Waals surface area contributed by atoms with Crippen LogP contribution >= 0.6 is 0 Å². The Kier molecular flexibility index (Phi) is 4.45. The van der Waals surface area contributed by atoms with Crippen LogP contribution in [0, 0.1) is 10.1 Å². The molecule has 0 saturated carbocycles.